The van der Waals surface area contributed by atoms with Crippen molar-refractivity contribution in [3.8, 4) is 0 Å². The minimum atomic E-state index is 0. The fourth-order valence-electron chi connectivity index (χ4n) is 0. The quantitative estimate of drug-likeness (QED) is 0.584. The molecule has 29 valence electrons. The normalized spacial score (nSPS) is 0. The molecule has 0 saturated heterocycles. The zero-order valence-electron chi connectivity index (χ0n) is 2.16. The SMILES string of the molecule is [Gd+3].[O-2].[O-2].[O-2].[Y+3]. The Labute approximate surface area is 87.4 Å². The summed E-state index contributed by atoms with van der Waals surface area (Å²) in [7, 11) is 0. The van der Waals surface area contributed by atoms with Crippen LogP contribution in [0, 0.1) is 39.9 Å². The maximum absolute atomic E-state index is 0. The van der Waals surface area contributed by atoms with Gasteiger partial charge >= 0.3 is 72.6 Å². The van der Waals surface area contributed by atoms with Crippen LogP contribution >= 0.6 is 0 Å². The van der Waals surface area contributed by atoms with Crippen LogP contribution in [0.2, 0.25) is 0 Å². The van der Waals surface area contributed by atoms with Crippen molar-refractivity contribution >= 4 is 0 Å². The van der Waals surface area contributed by atoms with Gasteiger partial charge in [0, 0.05) is 0 Å². The van der Waals surface area contributed by atoms with Gasteiger partial charge in [-0.15, -0.1) is 0 Å². The van der Waals surface area contributed by atoms with Gasteiger partial charge in [-0.2, -0.15) is 0 Å². The Morgan fingerprint density at radius 3 is 0.600 bits per heavy atom. The van der Waals surface area contributed by atoms with E-state index in [-0.39, 0.29) is 89.1 Å². The van der Waals surface area contributed by atoms with Gasteiger partial charge in [0.15, 0.2) is 0 Å². The van der Waals surface area contributed by atoms with Crippen LogP contribution in [0.15, 0.2) is 0 Å². The fourth-order valence-corrected chi connectivity index (χ4v) is 0. The third-order valence-electron chi connectivity index (χ3n) is 0. The molecule has 0 unspecified atom stereocenters. The Morgan fingerprint density at radius 1 is 0.600 bits per heavy atom. The van der Waals surface area contributed by atoms with Gasteiger partial charge in [-0.1, -0.05) is 0 Å². The molecule has 0 aromatic heterocycles. The van der Waals surface area contributed by atoms with E-state index < -0.39 is 0 Å². The number of rotatable bonds is 0. The second kappa shape index (κ2) is 33.4. The van der Waals surface area contributed by atoms with Gasteiger partial charge in [-0.05, 0) is 0 Å². The van der Waals surface area contributed by atoms with Gasteiger partial charge in [0.05, 0.1) is 0 Å². The average molecular weight is 294 g/mol. The molecule has 0 aliphatic carbocycles. The summed E-state index contributed by atoms with van der Waals surface area (Å²) in [6.45, 7) is 0. The molecule has 0 saturated carbocycles. The number of hydrogen-bond acceptors (Lipinski definition) is 0. The van der Waals surface area contributed by atoms with Crippen molar-refractivity contribution in [1.29, 1.82) is 0 Å². The van der Waals surface area contributed by atoms with Gasteiger partial charge in [0.1, 0.15) is 0 Å². The maximum Gasteiger partial charge on any atom is 3.00 e. The van der Waals surface area contributed by atoms with Crippen molar-refractivity contribution in [3.63, 3.8) is 0 Å². The molecule has 5 heteroatoms. The van der Waals surface area contributed by atoms with Crippen molar-refractivity contribution in [3.05, 3.63) is 0 Å². The molecule has 0 aliphatic rings. The first kappa shape index (κ1) is 54.6. The van der Waals surface area contributed by atoms with Crippen molar-refractivity contribution in [1.82, 2.24) is 0 Å². The molecule has 0 atom stereocenters. The monoisotopic (exact) mass is 295 g/mol. The fraction of sp³-hybridized carbons (Fsp3) is 0. The minimum Gasteiger partial charge on any atom is -2.00 e. The van der Waals surface area contributed by atoms with E-state index in [2.05, 4.69) is 0 Å². The van der Waals surface area contributed by atoms with E-state index in [9.17, 15) is 0 Å². The Morgan fingerprint density at radius 2 is 0.600 bits per heavy atom. The van der Waals surface area contributed by atoms with Crippen LogP contribution < -0.4 is 0 Å². The molecule has 0 aliphatic heterocycles. The predicted molar refractivity (Wildman–Crippen MR) is 2.06 cm³/mol. The van der Waals surface area contributed by atoms with Crippen LogP contribution in [0.1, 0.15) is 0 Å². The molecule has 1 radical (unpaired) electrons. The molecule has 3 nitrogen and oxygen atoms in total. The predicted octanol–water partition coefficient (Wildman–Crippen LogP) is -0.359. The van der Waals surface area contributed by atoms with Crippen LogP contribution in [0.4, 0.5) is 0 Å². The van der Waals surface area contributed by atoms with Crippen molar-refractivity contribution in [2.24, 2.45) is 0 Å². The second-order valence-corrected chi connectivity index (χ2v) is 0. The molecule has 0 spiro atoms. The third-order valence-corrected chi connectivity index (χ3v) is 0. The summed E-state index contributed by atoms with van der Waals surface area (Å²) in [5, 5.41) is 0. The molecule has 0 heterocycles. The summed E-state index contributed by atoms with van der Waals surface area (Å²) >= 11 is 0. The van der Waals surface area contributed by atoms with Crippen LogP contribution in [0.25, 0.3) is 0 Å². The van der Waals surface area contributed by atoms with E-state index in [1.807, 2.05) is 0 Å². The van der Waals surface area contributed by atoms with Gasteiger partial charge < -0.3 is 16.4 Å². The summed E-state index contributed by atoms with van der Waals surface area (Å²) in [4.78, 5) is 0. The smallest absolute Gasteiger partial charge is 2.00 e. The maximum atomic E-state index is 0. The largest absolute Gasteiger partial charge is 3.00 e. The summed E-state index contributed by atoms with van der Waals surface area (Å²) < 4.78 is 0. The third kappa shape index (κ3) is 22.0. The molecule has 0 N–H and O–H groups in total. The molecule has 0 fully saturated rings. The molecule has 0 aromatic rings. The molecule has 0 amide bonds. The van der Waals surface area contributed by atoms with Crippen LogP contribution in [-0.4, -0.2) is 0 Å². The molecule has 0 bridgehead atoms. The van der Waals surface area contributed by atoms with Gasteiger partial charge in [-0.3, -0.25) is 0 Å². The van der Waals surface area contributed by atoms with Crippen molar-refractivity contribution in [2.75, 3.05) is 0 Å². The summed E-state index contributed by atoms with van der Waals surface area (Å²) in [5.74, 6) is 0. The summed E-state index contributed by atoms with van der Waals surface area (Å²) in [6.07, 6.45) is 0. The first-order chi connectivity index (χ1) is 0. The summed E-state index contributed by atoms with van der Waals surface area (Å²) in [6, 6.07) is 0. The average Bonchev–Trinajstić information content (AvgIpc) is 0. The zero-order chi connectivity index (χ0) is 0. The van der Waals surface area contributed by atoms with Crippen molar-refractivity contribution in [2.45, 2.75) is 0 Å². The van der Waals surface area contributed by atoms with Crippen molar-refractivity contribution < 1.29 is 89.1 Å². The molecular formula is GdO3Y. The first-order valence-corrected chi connectivity index (χ1v) is 0. The Balaban J connectivity index is 0. The van der Waals surface area contributed by atoms with E-state index in [0.29, 0.717) is 0 Å². The van der Waals surface area contributed by atoms with Gasteiger partial charge in [-0.25, -0.2) is 0 Å². The van der Waals surface area contributed by atoms with Crippen LogP contribution in [-0.2, 0) is 49.1 Å². The van der Waals surface area contributed by atoms with E-state index >= 15 is 0 Å². The standard InChI is InChI=1S/Gd.3O.Y/q+3;3*-2;+3. The summed E-state index contributed by atoms with van der Waals surface area (Å²) in [5.41, 5.74) is 0. The van der Waals surface area contributed by atoms with Gasteiger partial charge in [0.2, 0.25) is 0 Å². The van der Waals surface area contributed by atoms with Crippen LogP contribution in [0.5, 0.6) is 0 Å². The van der Waals surface area contributed by atoms with E-state index in [1.165, 1.54) is 0 Å². The van der Waals surface area contributed by atoms with E-state index in [1.54, 1.807) is 0 Å². The topological polar surface area (TPSA) is 85.5 Å². The minimum absolute atomic E-state index is 0. The molecule has 0 aromatic carbocycles. The second-order valence-electron chi connectivity index (χ2n) is 0. The van der Waals surface area contributed by atoms with E-state index in [0.717, 1.165) is 0 Å². The van der Waals surface area contributed by atoms with Gasteiger partial charge in [0.25, 0.3) is 0 Å². The first-order valence-electron chi connectivity index (χ1n) is 0. The van der Waals surface area contributed by atoms with Crippen LogP contribution in [0.3, 0.4) is 0 Å². The molecule has 0 rings (SSSR count). The molecular weight excluding hydrogens is 294 g/mol. The Bertz CT molecular complexity index is 6.85. The Kier molecular flexibility index (Phi) is 364. The van der Waals surface area contributed by atoms with E-state index in [4.69, 9.17) is 0 Å². The zero-order valence-corrected chi connectivity index (χ0v) is 7.26. The Hall–Kier alpha value is 2.31. The number of hydrogen-bond donors (Lipinski definition) is 0. The molecule has 5 heavy (non-hydrogen) atoms.